The van der Waals surface area contributed by atoms with Crippen molar-refractivity contribution < 1.29 is 58.5 Å². The third-order valence-corrected chi connectivity index (χ3v) is 5.04. The van der Waals surface area contributed by atoms with Gasteiger partial charge in [0.15, 0.2) is 0 Å². The van der Waals surface area contributed by atoms with Crippen molar-refractivity contribution >= 4 is 50.6 Å². The molecule has 11 nitrogen and oxygen atoms in total. The Bertz CT molecular complexity index is 1010. The molecule has 0 atom stereocenters. The number of halogens is 1. The number of amides is 2. The maximum Gasteiger partial charge on any atom is 1.00 e. The van der Waals surface area contributed by atoms with Crippen molar-refractivity contribution in [2.75, 3.05) is 19.5 Å². The van der Waals surface area contributed by atoms with E-state index in [2.05, 4.69) is 25.0 Å². The molecule has 0 radical (unpaired) electrons. The van der Waals surface area contributed by atoms with Crippen LogP contribution in [0.25, 0.3) is 0 Å². The number of esters is 1. The molecule has 0 aliphatic rings. The number of methoxy groups -OCH3 is 2. The Balaban J connectivity index is 0.00000392. The van der Waals surface area contributed by atoms with Gasteiger partial charge in [-0.2, -0.15) is 15.0 Å². The Morgan fingerprint density at radius 1 is 1.18 bits per heavy atom. The summed E-state index contributed by atoms with van der Waals surface area (Å²) in [6, 6.07) is 2.88. The largest absolute Gasteiger partial charge is 1.00 e. The summed E-state index contributed by atoms with van der Waals surface area (Å²) in [5.41, 5.74) is -0.212. The number of carbonyl (C=O) groups excluding carboxylic acids is 2. The van der Waals surface area contributed by atoms with Gasteiger partial charge in [-0.25, -0.2) is 22.7 Å². The van der Waals surface area contributed by atoms with Crippen LogP contribution in [0.5, 0.6) is 6.01 Å². The number of rotatable bonds is 5. The molecule has 0 aliphatic carbocycles. The van der Waals surface area contributed by atoms with Crippen LogP contribution in [0.15, 0.2) is 23.1 Å². The second-order valence-electron chi connectivity index (χ2n) is 4.88. The van der Waals surface area contributed by atoms with Gasteiger partial charge in [-0.1, -0.05) is 0 Å². The van der Waals surface area contributed by atoms with Crippen LogP contribution in [-0.4, -0.2) is 49.6 Å². The SMILES string of the molecule is COC(=O)c1ccc(I)cc1S(=O)(=O)NC(=O)Nc1nc(C)nc(OC)n1.[H-].[Na+]. The summed E-state index contributed by atoms with van der Waals surface area (Å²) in [4.78, 5) is 35.0. The number of nitrogens with one attached hydrogen (secondary N) is 2. The Morgan fingerprint density at radius 3 is 2.46 bits per heavy atom. The van der Waals surface area contributed by atoms with Gasteiger partial charge >= 0.3 is 47.6 Å². The molecule has 0 saturated carbocycles. The van der Waals surface area contributed by atoms with Crippen LogP contribution in [0.4, 0.5) is 10.7 Å². The minimum Gasteiger partial charge on any atom is -1.00 e. The fourth-order valence-corrected chi connectivity index (χ4v) is 3.74. The first-order chi connectivity index (χ1) is 12.7. The van der Waals surface area contributed by atoms with Crippen molar-refractivity contribution in [3.05, 3.63) is 33.2 Å². The molecule has 0 saturated heterocycles. The molecule has 28 heavy (non-hydrogen) atoms. The van der Waals surface area contributed by atoms with Gasteiger partial charge in [-0.05, 0) is 47.7 Å². The number of carbonyl (C=O) groups is 2. The summed E-state index contributed by atoms with van der Waals surface area (Å²) >= 11 is 1.88. The van der Waals surface area contributed by atoms with Crippen molar-refractivity contribution in [2.45, 2.75) is 11.8 Å². The molecular formula is C14H15IN5NaO6S. The van der Waals surface area contributed by atoms with Crippen molar-refractivity contribution in [1.29, 1.82) is 0 Å². The summed E-state index contributed by atoms with van der Waals surface area (Å²) in [7, 11) is -1.94. The molecule has 146 valence electrons. The third kappa shape index (κ3) is 6.23. The van der Waals surface area contributed by atoms with E-state index in [9.17, 15) is 18.0 Å². The quantitative estimate of drug-likeness (QED) is 0.259. The number of hydrogen-bond acceptors (Lipinski definition) is 9. The van der Waals surface area contributed by atoms with Crippen molar-refractivity contribution in [3.63, 3.8) is 0 Å². The molecule has 0 bridgehead atoms. The summed E-state index contributed by atoms with van der Waals surface area (Å²) in [5.74, 6) is -0.807. The summed E-state index contributed by atoms with van der Waals surface area (Å²) in [6.45, 7) is 1.54. The minimum atomic E-state index is -4.38. The molecular weight excluding hydrogens is 516 g/mol. The van der Waals surface area contributed by atoms with E-state index >= 15 is 0 Å². The molecule has 0 aliphatic heterocycles. The van der Waals surface area contributed by atoms with Crippen LogP contribution < -0.4 is 44.3 Å². The smallest absolute Gasteiger partial charge is 1.00 e. The number of benzene rings is 1. The number of aryl methyl sites for hydroxylation is 1. The first-order valence-electron chi connectivity index (χ1n) is 7.14. The van der Waals surface area contributed by atoms with Crippen LogP contribution in [0.1, 0.15) is 17.6 Å². The van der Waals surface area contributed by atoms with E-state index in [0.29, 0.717) is 3.57 Å². The molecule has 14 heteroatoms. The molecule has 1 aromatic carbocycles. The molecule has 1 heterocycles. The Labute approximate surface area is 198 Å². The predicted molar refractivity (Wildman–Crippen MR) is 102 cm³/mol. The Hall–Kier alpha value is -1.55. The number of sulfonamides is 1. The molecule has 2 N–H and O–H groups in total. The molecule has 0 fully saturated rings. The standard InChI is InChI=1S/C14H14IN5O6S.Na.H/c1-7-16-12(19-14(17-7)26-3)18-13(22)20-27(23,24)10-6-8(15)4-5-9(10)11(21)25-2;;/h4-6H,1-3H3,(H2,16,17,18,19,20,22);;/q;+1;-1. The fourth-order valence-electron chi connectivity index (χ4n) is 1.91. The number of ether oxygens (including phenoxy) is 2. The van der Waals surface area contributed by atoms with E-state index in [1.807, 2.05) is 22.6 Å². The fraction of sp³-hybridized carbons (Fsp3) is 0.214. The summed E-state index contributed by atoms with van der Waals surface area (Å²) in [6.07, 6.45) is 0. The number of urea groups is 1. The maximum absolute atomic E-state index is 12.6. The van der Waals surface area contributed by atoms with Crippen molar-refractivity contribution in [1.82, 2.24) is 19.7 Å². The summed E-state index contributed by atoms with van der Waals surface area (Å²) < 4.78 is 36.9. The van der Waals surface area contributed by atoms with Gasteiger partial charge in [0.2, 0.25) is 5.95 Å². The van der Waals surface area contributed by atoms with Gasteiger partial charge in [0, 0.05) is 3.57 Å². The normalized spacial score (nSPS) is 10.4. The molecule has 0 spiro atoms. The molecule has 1 aromatic heterocycles. The average Bonchev–Trinajstić information content (AvgIpc) is 2.59. The van der Waals surface area contributed by atoms with E-state index in [4.69, 9.17) is 4.74 Å². The van der Waals surface area contributed by atoms with Crippen LogP contribution in [0.3, 0.4) is 0 Å². The van der Waals surface area contributed by atoms with Gasteiger partial charge in [0.1, 0.15) is 10.7 Å². The molecule has 2 aromatic rings. The Morgan fingerprint density at radius 2 is 1.86 bits per heavy atom. The first-order valence-corrected chi connectivity index (χ1v) is 9.71. The van der Waals surface area contributed by atoms with Crippen LogP contribution >= 0.6 is 22.6 Å². The van der Waals surface area contributed by atoms with E-state index in [-0.39, 0.29) is 54.3 Å². The van der Waals surface area contributed by atoms with Gasteiger partial charge in [0.05, 0.1) is 19.8 Å². The predicted octanol–water partition coefficient (Wildman–Crippen LogP) is -1.79. The second-order valence-corrected chi connectivity index (χ2v) is 7.78. The number of hydrogen-bond donors (Lipinski definition) is 2. The van der Waals surface area contributed by atoms with Gasteiger partial charge in [-0.15, -0.1) is 0 Å². The van der Waals surface area contributed by atoms with Gasteiger partial charge in [0.25, 0.3) is 10.0 Å². The van der Waals surface area contributed by atoms with Crippen LogP contribution in [0.2, 0.25) is 0 Å². The van der Waals surface area contributed by atoms with Crippen LogP contribution in [-0.2, 0) is 14.8 Å². The van der Waals surface area contributed by atoms with E-state index < -0.39 is 26.9 Å². The third-order valence-electron chi connectivity index (χ3n) is 3.00. The number of nitrogens with zero attached hydrogens (tertiary/aromatic N) is 3. The van der Waals surface area contributed by atoms with E-state index in [1.54, 1.807) is 11.6 Å². The van der Waals surface area contributed by atoms with E-state index in [1.165, 1.54) is 25.3 Å². The number of aromatic nitrogens is 3. The first kappa shape index (κ1) is 24.5. The average molecular weight is 531 g/mol. The zero-order chi connectivity index (χ0) is 20.2. The zero-order valence-corrected chi connectivity index (χ0v) is 20.3. The molecule has 2 rings (SSSR count). The van der Waals surface area contributed by atoms with Gasteiger partial charge < -0.3 is 10.9 Å². The second kappa shape index (κ2) is 10.3. The number of anilines is 1. The Kier molecular flexibility index (Phi) is 9.00. The van der Waals surface area contributed by atoms with Crippen LogP contribution in [0, 0.1) is 10.5 Å². The van der Waals surface area contributed by atoms with Crippen molar-refractivity contribution in [2.24, 2.45) is 0 Å². The van der Waals surface area contributed by atoms with Crippen molar-refractivity contribution in [3.8, 4) is 6.01 Å². The van der Waals surface area contributed by atoms with Gasteiger partial charge in [-0.3, -0.25) is 5.32 Å². The molecule has 2 amide bonds. The minimum absolute atomic E-state index is 0. The maximum atomic E-state index is 12.6. The molecule has 0 unspecified atom stereocenters. The topological polar surface area (TPSA) is 149 Å². The summed E-state index contributed by atoms with van der Waals surface area (Å²) in [5, 5.41) is 2.17. The zero-order valence-electron chi connectivity index (χ0n) is 16.3. The van der Waals surface area contributed by atoms with E-state index in [0.717, 1.165) is 7.11 Å². The monoisotopic (exact) mass is 531 g/mol.